The van der Waals surface area contributed by atoms with Crippen LogP contribution in [0.15, 0.2) is 60.7 Å². The Balaban J connectivity index is 1.25. The van der Waals surface area contributed by atoms with E-state index in [-0.39, 0.29) is 6.04 Å². The second kappa shape index (κ2) is 10.7. The third kappa shape index (κ3) is 5.08. The van der Waals surface area contributed by atoms with Crippen LogP contribution >= 0.6 is 23.2 Å². The molecule has 202 valence electrons. The maximum atomic E-state index is 12.1. The molecule has 7 nitrogen and oxygen atoms in total. The minimum Gasteiger partial charge on any atom is -0.496 e. The molecule has 1 aromatic heterocycles. The predicted octanol–water partition coefficient (Wildman–Crippen LogP) is 5.49. The zero-order chi connectivity index (χ0) is 27.1. The number of carbonyl (C=O) groups is 1. The van der Waals surface area contributed by atoms with Crippen molar-refractivity contribution >= 4 is 45.8 Å². The second-order valence-electron chi connectivity index (χ2n) is 10.2. The molecule has 2 aliphatic heterocycles. The number of rotatable bonds is 6. The molecule has 0 unspecified atom stereocenters. The van der Waals surface area contributed by atoms with E-state index in [9.17, 15) is 9.90 Å². The molecule has 1 saturated heterocycles. The molecule has 2 atom stereocenters. The summed E-state index contributed by atoms with van der Waals surface area (Å²) in [4.78, 5) is 20.4. The van der Waals surface area contributed by atoms with E-state index in [0.29, 0.717) is 16.5 Å². The first-order valence-corrected chi connectivity index (χ1v) is 13.8. The lowest BCUT2D eigenvalue weighted by Crippen LogP contribution is -2.46. The van der Waals surface area contributed by atoms with Gasteiger partial charge in [-0.3, -0.25) is 15.0 Å². The number of para-hydroxylation sites is 1. The lowest BCUT2D eigenvalue weighted by atomic mass is 9.89. The number of aliphatic carboxylic acids is 1. The highest BCUT2D eigenvalue weighted by atomic mass is 35.5. The maximum Gasteiger partial charge on any atom is 0.321 e. The summed E-state index contributed by atoms with van der Waals surface area (Å²) >= 11 is 12.3. The Morgan fingerprint density at radius 1 is 1.03 bits per heavy atom. The Hall–Kier alpha value is -3.23. The summed E-state index contributed by atoms with van der Waals surface area (Å²) in [7, 11) is 1.69. The van der Waals surface area contributed by atoms with E-state index in [1.54, 1.807) is 7.11 Å². The zero-order valence-corrected chi connectivity index (χ0v) is 23.1. The summed E-state index contributed by atoms with van der Waals surface area (Å²) in [5, 5.41) is 15.5. The van der Waals surface area contributed by atoms with Gasteiger partial charge in [0, 0.05) is 67.0 Å². The van der Waals surface area contributed by atoms with Gasteiger partial charge >= 0.3 is 5.97 Å². The number of halogens is 2. The molecular weight excluding hydrogens is 535 g/mol. The summed E-state index contributed by atoms with van der Waals surface area (Å²) in [6.07, 6.45) is 0.442. The molecule has 0 spiro atoms. The molecule has 2 aliphatic rings. The van der Waals surface area contributed by atoms with E-state index >= 15 is 0 Å². The fourth-order valence-electron chi connectivity index (χ4n) is 5.84. The Morgan fingerprint density at radius 3 is 2.56 bits per heavy atom. The molecule has 1 fully saturated rings. The molecule has 3 heterocycles. The SMILES string of the molecule is COc1ccc([C@@H]2N[C@H](C(=O)O)Cc3c2[nH]c2ccccc32)cc1CN1CCN(c2ccc(Cl)c(Cl)c2)CC1. The van der Waals surface area contributed by atoms with Gasteiger partial charge in [0.2, 0.25) is 0 Å². The highest BCUT2D eigenvalue weighted by Gasteiger charge is 2.34. The molecule has 9 heteroatoms. The zero-order valence-electron chi connectivity index (χ0n) is 21.6. The number of nitrogens with one attached hydrogen (secondary N) is 2. The van der Waals surface area contributed by atoms with Gasteiger partial charge in [-0.2, -0.15) is 0 Å². The number of hydrogen-bond acceptors (Lipinski definition) is 5. The number of nitrogens with zero attached hydrogens (tertiary/aromatic N) is 2. The van der Waals surface area contributed by atoms with Crippen molar-refractivity contribution < 1.29 is 14.6 Å². The van der Waals surface area contributed by atoms with Crippen LogP contribution in [0, 0.1) is 0 Å². The van der Waals surface area contributed by atoms with E-state index in [0.717, 1.165) is 77.4 Å². The topological polar surface area (TPSA) is 80.8 Å². The monoisotopic (exact) mass is 564 g/mol. The van der Waals surface area contributed by atoms with Gasteiger partial charge in [0.15, 0.2) is 0 Å². The molecule has 39 heavy (non-hydrogen) atoms. The van der Waals surface area contributed by atoms with E-state index in [2.05, 4.69) is 32.2 Å². The molecule has 0 bridgehead atoms. The molecule has 0 radical (unpaired) electrons. The first-order chi connectivity index (χ1) is 18.9. The number of piperazine rings is 1. The van der Waals surface area contributed by atoms with Crippen molar-refractivity contribution in [1.29, 1.82) is 0 Å². The summed E-state index contributed by atoms with van der Waals surface area (Å²) < 4.78 is 5.73. The van der Waals surface area contributed by atoms with Crippen LogP contribution in [0.4, 0.5) is 5.69 Å². The van der Waals surface area contributed by atoms with E-state index < -0.39 is 12.0 Å². The molecule has 0 saturated carbocycles. The third-order valence-corrected chi connectivity index (χ3v) is 8.62. The molecule has 0 amide bonds. The highest BCUT2D eigenvalue weighted by molar-refractivity contribution is 6.42. The minimum atomic E-state index is -0.843. The third-order valence-electron chi connectivity index (χ3n) is 7.88. The van der Waals surface area contributed by atoms with Crippen LogP contribution in [0.25, 0.3) is 10.9 Å². The molecule has 4 aromatic rings. The lowest BCUT2D eigenvalue weighted by molar-refractivity contribution is -0.139. The molecule has 0 aliphatic carbocycles. The number of aromatic nitrogens is 1. The van der Waals surface area contributed by atoms with Gasteiger partial charge in [-0.25, -0.2) is 0 Å². The fraction of sp³-hybridized carbons (Fsp3) is 0.300. The van der Waals surface area contributed by atoms with Gasteiger partial charge in [-0.1, -0.05) is 47.5 Å². The van der Waals surface area contributed by atoms with Crippen LogP contribution < -0.4 is 15.0 Å². The molecule has 6 rings (SSSR count). The average molecular weight is 566 g/mol. The van der Waals surface area contributed by atoms with Crippen LogP contribution in [0.5, 0.6) is 5.75 Å². The number of H-pyrrole nitrogens is 1. The van der Waals surface area contributed by atoms with Crippen molar-refractivity contribution in [2.45, 2.75) is 25.0 Å². The number of methoxy groups -OCH3 is 1. The molecular formula is C30H30Cl2N4O3. The number of carboxylic acids is 1. The first-order valence-electron chi connectivity index (χ1n) is 13.1. The Morgan fingerprint density at radius 2 is 1.82 bits per heavy atom. The summed E-state index contributed by atoms with van der Waals surface area (Å²) in [6, 6.07) is 19.1. The van der Waals surface area contributed by atoms with Crippen molar-refractivity contribution in [3.63, 3.8) is 0 Å². The van der Waals surface area contributed by atoms with Crippen molar-refractivity contribution in [3.05, 3.63) is 93.1 Å². The van der Waals surface area contributed by atoms with Gasteiger partial charge in [0.05, 0.1) is 23.2 Å². The minimum absolute atomic E-state index is 0.265. The summed E-state index contributed by atoms with van der Waals surface area (Å²) in [5.41, 5.74) is 6.29. The smallest absolute Gasteiger partial charge is 0.321 e. The average Bonchev–Trinajstić information content (AvgIpc) is 3.33. The normalized spacial score (nSPS) is 19.7. The lowest BCUT2D eigenvalue weighted by Gasteiger charge is -2.36. The van der Waals surface area contributed by atoms with Crippen LogP contribution in [0.1, 0.15) is 28.4 Å². The molecule has 3 aromatic carbocycles. The number of benzene rings is 3. The van der Waals surface area contributed by atoms with Crippen LogP contribution in [-0.2, 0) is 17.8 Å². The number of carboxylic acid groups (broad SMARTS) is 1. The van der Waals surface area contributed by atoms with Gasteiger partial charge in [-0.05, 0) is 47.5 Å². The van der Waals surface area contributed by atoms with Crippen molar-refractivity contribution in [2.75, 3.05) is 38.2 Å². The number of aromatic amines is 1. The Labute approximate surface area is 237 Å². The van der Waals surface area contributed by atoms with E-state index in [4.69, 9.17) is 27.9 Å². The fourth-order valence-corrected chi connectivity index (χ4v) is 6.14. The Bertz CT molecular complexity index is 1530. The maximum absolute atomic E-state index is 12.1. The largest absolute Gasteiger partial charge is 0.496 e. The summed E-state index contributed by atoms with van der Waals surface area (Å²) in [5.74, 6) is -0.0161. The number of fused-ring (bicyclic) bond motifs is 3. The second-order valence-corrected chi connectivity index (χ2v) is 11.0. The predicted molar refractivity (Wildman–Crippen MR) is 155 cm³/mol. The standard InChI is InChI=1S/C30H30Cl2N4O3/c1-39-27-9-6-18(28-29-22(16-26(34-28)30(37)38)21-4-2-3-5-25(21)33-29)14-19(27)17-35-10-12-36(13-11-35)20-7-8-23(31)24(32)15-20/h2-9,14-15,26,28,33-34H,10-13,16-17H2,1H3,(H,37,38)/t26-,28-/m0/s1. The van der Waals surface area contributed by atoms with Gasteiger partial charge in [0.25, 0.3) is 0 Å². The first kappa shape index (κ1) is 26.0. The quantitative estimate of drug-likeness (QED) is 0.287. The van der Waals surface area contributed by atoms with Crippen molar-refractivity contribution in [1.82, 2.24) is 15.2 Å². The van der Waals surface area contributed by atoms with Gasteiger partial charge < -0.3 is 19.7 Å². The van der Waals surface area contributed by atoms with Gasteiger partial charge in [-0.15, -0.1) is 0 Å². The highest BCUT2D eigenvalue weighted by Crippen LogP contribution is 2.37. The van der Waals surface area contributed by atoms with E-state index in [1.807, 2.05) is 48.5 Å². The summed E-state index contributed by atoms with van der Waals surface area (Å²) in [6.45, 7) is 4.28. The van der Waals surface area contributed by atoms with Crippen LogP contribution in [0.2, 0.25) is 10.0 Å². The number of ether oxygens (including phenoxy) is 1. The number of hydrogen-bond donors (Lipinski definition) is 3. The molecule has 3 N–H and O–H groups in total. The van der Waals surface area contributed by atoms with Crippen LogP contribution in [-0.4, -0.2) is 60.3 Å². The van der Waals surface area contributed by atoms with E-state index in [1.165, 1.54) is 0 Å². The van der Waals surface area contributed by atoms with Gasteiger partial charge in [0.1, 0.15) is 11.8 Å². The van der Waals surface area contributed by atoms with Crippen molar-refractivity contribution in [3.8, 4) is 5.75 Å². The van der Waals surface area contributed by atoms with Crippen LogP contribution in [0.3, 0.4) is 0 Å². The van der Waals surface area contributed by atoms with Crippen molar-refractivity contribution in [2.24, 2.45) is 0 Å². The Kier molecular flexibility index (Phi) is 7.16. The number of anilines is 1.